The predicted molar refractivity (Wildman–Crippen MR) is 95.3 cm³/mol. The summed E-state index contributed by atoms with van der Waals surface area (Å²) in [7, 11) is 0. The number of fused-ring (bicyclic) bond motifs is 2. The van der Waals surface area contributed by atoms with Crippen molar-refractivity contribution in [3.8, 4) is 0 Å². The number of esters is 1. The van der Waals surface area contributed by atoms with E-state index in [-0.39, 0.29) is 36.2 Å². The van der Waals surface area contributed by atoms with Crippen LogP contribution in [0.1, 0.15) is 52.9 Å². The van der Waals surface area contributed by atoms with E-state index in [1.165, 1.54) is 6.92 Å². The molecule has 10 heteroatoms. The highest BCUT2D eigenvalue weighted by atomic mass is 19.4. The zero-order chi connectivity index (χ0) is 23.1. The number of hydrogen-bond acceptors (Lipinski definition) is 4. The van der Waals surface area contributed by atoms with E-state index in [0.717, 1.165) is 0 Å². The number of aliphatic hydroxyl groups is 1. The molecule has 4 atom stereocenters. The maximum Gasteiger partial charge on any atom is 0.428 e. The fourth-order valence-corrected chi connectivity index (χ4v) is 4.92. The second-order valence-corrected chi connectivity index (χ2v) is 8.48. The number of rotatable bonds is 8. The minimum absolute atomic E-state index is 0.146. The van der Waals surface area contributed by atoms with E-state index < -0.39 is 42.2 Å². The first-order valence-corrected chi connectivity index (χ1v) is 9.98. The maximum atomic E-state index is 13.1. The first kappa shape index (κ1) is 25.0. The standard InChI is InChI=1S/C20H28F6O4/c1-5-17(6-2,29-10-18(28,19(21,22)23)20(24,25)26)14-8-12-7-13(14)15(9-12)30-16(27)11(3)4/h12-15,28H,3,5-10H2,1-2,4H3. The summed E-state index contributed by atoms with van der Waals surface area (Å²) in [5.74, 6) is -1.05. The van der Waals surface area contributed by atoms with E-state index >= 15 is 0 Å². The van der Waals surface area contributed by atoms with Crippen LogP contribution >= 0.6 is 0 Å². The quantitative estimate of drug-likeness (QED) is 0.326. The second-order valence-electron chi connectivity index (χ2n) is 8.48. The van der Waals surface area contributed by atoms with Crippen LogP contribution in [0, 0.1) is 17.8 Å². The lowest BCUT2D eigenvalue weighted by molar-refractivity contribution is -0.384. The summed E-state index contributed by atoms with van der Waals surface area (Å²) in [5, 5.41) is 9.49. The van der Waals surface area contributed by atoms with Crippen LogP contribution in [0.2, 0.25) is 0 Å². The van der Waals surface area contributed by atoms with E-state index in [4.69, 9.17) is 9.47 Å². The Morgan fingerprint density at radius 2 is 1.57 bits per heavy atom. The van der Waals surface area contributed by atoms with Crippen molar-refractivity contribution >= 4 is 5.97 Å². The van der Waals surface area contributed by atoms with Gasteiger partial charge in [-0.25, -0.2) is 4.79 Å². The van der Waals surface area contributed by atoms with Crippen molar-refractivity contribution in [2.24, 2.45) is 17.8 Å². The van der Waals surface area contributed by atoms with Gasteiger partial charge in [0.1, 0.15) is 6.10 Å². The molecule has 4 nitrogen and oxygen atoms in total. The molecule has 1 N–H and O–H groups in total. The third kappa shape index (κ3) is 4.35. The molecule has 2 rings (SSSR count). The Balaban J connectivity index is 2.25. The minimum Gasteiger partial charge on any atom is -0.459 e. The number of ether oxygens (including phenoxy) is 2. The van der Waals surface area contributed by atoms with Crippen molar-refractivity contribution in [1.29, 1.82) is 0 Å². The highest BCUT2D eigenvalue weighted by Crippen LogP contribution is 2.56. The molecule has 2 bridgehead atoms. The van der Waals surface area contributed by atoms with Crippen molar-refractivity contribution in [2.45, 2.75) is 82.5 Å². The van der Waals surface area contributed by atoms with Gasteiger partial charge in [0.25, 0.3) is 5.60 Å². The fourth-order valence-electron chi connectivity index (χ4n) is 4.92. The van der Waals surface area contributed by atoms with Crippen LogP contribution in [0.4, 0.5) is 26.3 Å². The Morgan fingerprint density at radius 1 is 1.03 bits per heavy atom. The first-order chi connectivity index (χ1) is 13.6. The summed E-state index contributed by atoms with van der Waals surface area (Å²) in [5.41, 5.74) is -6.06. The molecule has 4 unspecified atom stereocenters. The van der Waals surface area contributed by atoms with Crippen molar-refractivity contribution < 1.29 is 45.7 Å². The third-order valence-electron chi connectivity index (χ3n) is 6.74. The number of alkyl halides is 6. The Morgan fingerprint density at radius 3 is 1.97 bits per heavy atom. The Hall–Kier alpha value is -1.29. The van der Waals surface area contributed by atoms with Gasteiger partial charge in [-0.05, 0) is 50.9 Å². The molecule has 2 aliphatic rings. The van der Waals surface area contributed by atoms with Crippen LogP contribution in [0.3, 0.4) is 0 Å². The molecule has 0 amide bonds. The van der Waals surface area contributed by atoms with Crippen molar-refractivity contribution in [3.05, 3.63) is 12.2 Å². The van der Waals surface area contributed by atoms with Gasteiger partial charge in [0, 0.05) is 11.5 Å². The van der Waals surface area contributed by atoms with E-state index in [0.29, 0.717) is 19.3 Å². The van der Waals surface area contributed by atoms with Crippen LogP contribution in [0.25, 0.3) is 0 Å². The smallest absolute Gasteiger partial charge is 0.428 e. The SMILES string of the molecule is C=C(C)C(=O)OC1CC2CC1C(C(CC)(CC)OCC(O)(C(F)(F)F)C(F)(F)F)C2. The number of carbonyl (C=O) groups excluding carboxylic acids is 1. The van der Waals surface area contributed by atoms with Crippen molar-refractivity contribution in [2.75, 3.05) is 6.61 Å². The van der Waals surface area contributed by atoms with E-state index in [1.807, 2.05) is 0 Å². The van der Waals surface area contributed by atoms with E-state index in [9.17, 15) is 36.2 Å². The average Bonchev–Trinajstić information content (AvgIpc) is 3.21. The summed E-state index contributed by atoms with van der Waals surface area (Å²) in [6.45, 7) is 6.34. The monoisotopic (exact) mass is 446 g/mol. The first-order valence-electron chi connectivity index (χ1n) is 9.98. The van der Waals surface area contributed by atoms with Gasteiger partial charge in [0.15, 0.2) is 0 Å². The molecule has 174 valence electrons. The van der Waals surface area contributed by atoms with Gasteiger partial charge < -0.3 is 14.6 Å². The van der Waals surface area contributed by atoms with Crippen LogP contribution < -0.4 is 0 Å². The van der Waals surface area contributed by atoms with Crippen LogP contribution in [-0.2, 0) is 14.3 Å². The third-order valence-corrected chi connectivity index (χ3v) is 6.74. The number of carbonyl (C=O) groups is 1. The van der Waals surface area contributed by atoms with Crippen LogP contribution in [0.5, 0.6) is 0 Å². The second kappa shape index (κ2) is 8.33. The highest BCUT2D eigenvalue weighted by Gasteiger charge is 2.71. The zero-order valence-corrected chi connectivity index (χ0v) is 17.2. The molecule has 30 heavy (non-hydrogen) atoms. The van der Waals surface area contributed by atoms with Crippen molar-refractivity contribution in [1.82, 2.24) is 0 Å². The van der Waals surface area contributed by atoms with Crippen LogP contribution in [-0.4, -0.2) is 47.3 Å². The predicted octanol–water partition coefficient (Wildman–Crippen LogP) is 4.95. The Bertz CT molecular complexity index is 639. The van der Waals surface area contributed by atoms with Gasteiger partial charge in [-0.1, -0.05) is 20.4 Å². The lowest BCUT2D eigenvalue weighted by Gasteiger charge is -2.45. The molecule has 0 aromatic heterocycles. The summed E-state index contributed by atoms with van der Waals surface area (Å²) in [4.78, 5) is 11.9. The molecule has 0 heterocycles. The molecule has 0 spiro atoms. The molecular weight excluding hydrogens is 418 g/mol. The van der Waals surface area contributed by atoms with Gasteiger partial charge in [0.05, 0.1) is 12.2 Å². The molecule has 2 saturated carbocycles. The molecular formula is C20H28F6O4. The summed E-state index contributed by atoms with van der Waals surface area (Å²) >= 11 is 0. The average molecular weight is 446 g/mol. The van der Waals surface area contributed by atoms with Crippen LogP contribution in [0.15, 0.2) is 12.2 Å². The highest BCUT2D eigenvalue weighted by molar-refractivity contribution is 5.87. The zero-order valence-electron chi connectivity index (χ0n) is 17.2. The van der Waals surface area contributed by atoms with E-state index in [2.05, 4.69) is 6.58 Å². The normalized spacial score (nSPS) is 27.4. The Labute approximate surface area is 171 Å². The molecule has 0 aromatic rings. The van der Waals surface area contributed by atoms with Gasteiger partial charge in [-0.3, -0.25) is 0 Å². The largest absolute Gasteiger partial charge is 0.459 e. The number of halogens is 6. The van der Waals surface area contributed by atoms with E-state index in [1.54, 1.807) is 13.8 Å². The minimum atomic E-state index is -5.94. The number of hydrogen-bond donors (Lipinski definition) is 1. The molecule has 0 aliphatic heterocycles. The van der Waals surface area contributed by atoms with Gasteiger partial charge in [-0.2, -0.15) is 26.3 Å². The summed E-state index contributed by atoms with van der Waals surface area (Å²) in [6.07, 6.45) is -10.2. The molecule has 2 aliphatic carbocycles. The lowest BCUT2D eigenvalue weighted by atomic mass is 9.72. The maximum absolute atomic E-state index is 13.1. The van der Waals surface area contributed by atoms with Gasteiger partial charge >= 0.3 is 18.3 Å². The summed E-state index contributed by atoms with van der Waals surface area (Å²) in [6, 6.07) is 0. The Kier molecular flexibility index (Phi) is 6.94. The molecule has 0 aromatic carbocycles. The molecule has 2 fully saturated rings. The lowest BCUT2D eigenvalue weighted by Crippen LogP contribution is -2.61. The molecule has 0 saturated heterocycles. The van der Waals surface area contributed by atoms with Gasteiger partial charge in [0.2, 0.25) is 0 Å². The molecule has 0 radical (unpaired) electrons. The van der Waals surface area contributed by atoms with Crippen molar-refractivity contribution in [3.63, 3.8) is 0 Å². The fraction of sp³-hybridized carbons (Fsp3) is 0.850. The summed E-state index contributed by atoms with van der Waals surface area (Å²) < 4.78 is 89.3. The topological polar surface area (TPSA) is 55.8 Å². The van der Waals surface area contributed by atoms with Gasteiger partial charge in [-0.15, -0.1) is 0 Å².